The third kappa shape index (κ3) is 3.24. The number of carbonyl (C=O) groups excluding carboxylic acids is 1. The number of carbonyl (C=O) groups is 1. The Morgan fingerprint density at radius 3 is 2.58 bits per heavy atom. The number of esters is 1. The van der Waals surface area contributed by atoms with Crippen LogP contribution >= 0.6 is 0 Å². The lowest BCUT2D eigenvalue weighted by Gasteiger charge is -2.10. The summed E-state index contributed by atoms with van der Waals surface area (Å²) in [5.74, 6) is 4.52. The minimum atomic E-state index is -0.414. The van der Waals surface area contributed by atoms with Gasteiger partial charge in [0.2, 0.25) is 0 Å². The first-order valence-corrected chi connectivity index (χ1v) is 8.61. The molecule has 19 heavy (non-hydrogen) atoms. The molecule has 1 unspecified atom stereocenters. The van der Waals surface area contributed by atoms with Crippen LogP contribution in [0.15, 0.2) is 24.3 Å². The minimum Gasteiger partial charge on any atom is -0.479 e. The predicted molar refractivity (Wildman–Crippen MR) is 76.5 cm³/mol. The summed E-state index contributed by atoms with van der Waals surface area (Å²) in [5.41, 5.74) is 1.38. The van der Waals surface area contributed by atoms with Crippen LogP contribution in [-0.2, 0) is 26.2 Å². The standard InChI is InChI=1S/C15H19O3S/c16-15-14(7-8-17-15)18-13-5-3-12(4-6-13)11-19-9-1-2-10-19/h3-6,14H,1-2,7-11H2/q+1. The van der Waals surface area contributed by atoms with Gasteiger partial charge in [0.15, 0.2) is 6.10 Å². The van der Waals surface area contributed by atoms with E-state index in [9.17, 15) is 4.79 Å². The van der Waals surface area contributed by atoms with Crippen LogP contribution in [0.3, 0.4) is 0 Å². The molecule has 1 aromatic rings. The first kappa shape index (κ1) is 12.9. The molecule has 0 saturated carbocycles. The summed E-state index contributed by atoms with van der Waals surface area (Å²) in [6, 6.07) is 8.20. The van der Waals surface area contributed by atoms with Gasteiger partial charge in [-0.05, 0) is 35.9 Å². The molecule has 0 amide bonds. The van der Waals surface area contributed by atoms with Crippen LogP contribution < -0.4 is 4.74 Å². The first-order chi connectivity index (χ1) is 9.31. The van der Waals surface area contributed by atoms with Crippen LogP contribution in [-0.4, -0.2) is 30.2 Å². The molecule has 2 heterocycles. The summed E-state index contributed by atoms with van der Waals surface area (Å²) in [6.45, 7) is 0.477. The van der Waals surface area contributed by atoms with Crippen LogP contribution in [0.4, 0.5) is 0 Å². The number of cyclic esters (lactones) is 1. The summed E-state index contributed by atoms with van der Waals surface area (Å²) >= 11 is 0. The number of benzene rings is 1. The zero-order chi connectivity index (χ0) is 13.1. The first-order valence-electron chi connectivity index (χ1n) is 6.87. The van der Waals surface area contributed by atoms with Gasteiger partial charge in [-0.1, -0.05) is 12.1 Å². The smallest absolute Gasteiger partial charge is 0.347 e. The lowest BCUT2D eigenvalue weighted by Crippen LogP contribution is -2.21. The van der Waals surface area contributed by atoms with Crippen molar-refractivity contribution in [2.75, 3.05) is 18.1 Å². The van der Waals surface area contributed by atoms with Crippen molar-refractivity contribution < 1.29 is 14.3 Å². The molecular formula is C15H19O3S+. The Morgan fingerprint density at radius 2 is 1.95 bits per heavy atom. The van der Waals surface area contributed by atoms with Gasteiger partial charge in [-0.3, -0.25) is 0 Å². The van der Waals surface area contributed by atoms with E-state index < -0.39 is 6.10 Å². The van der Waals surface area contributed by atoms with Gasteiger partial charge in [-0.25, -0.2) is 4.79 Å². The second-order valence-electron chi connectivity index (χ2n) is 5.08. The maximum Gasteiger partial charge on any atom is 0.347 e. The van der Waals surface area contributed by atoms with Crippen molar-refractivity contribution in [2.24, 2.45) is 0 Å². The van der Waals surface area contributed by atoms with Crippen molar-refractivity contribution in [3.63, 3.8) is 0 Å². The molecule has 3 rings (SSSR count). The molecule has 0 aromatic heterocycles. The Balaban J connectivity index is 1.57. The third-order valence-corrected chi connectivity index (χ3v) is 6.05. The Kier molecular flexibility index (Phi) is 3.97. The van der Waals surface area contributed by atoms with Crippen LogP contribution in [0.25, 0.3) is 0 Å². The van der Waals surface area contributed by atoms with E-state index in [0.717, 1.165) is 5.75 Å². The molecule has 0 N–H and O–H groups in total. The molecule has 1 aromatic carbocycles. The number of hydrogen-bond donors (Lipinski definition) is 0. The van der Waals surface area contributed by atoms with Gasteiger partial charge in [-0.2, -0.15) is 0 Å². The van der Waals surface area contributed by atoms with Gasteiger partial charge in [-0.15, -0.1) is 0 Å². The van der Waals surface area contributed by atoms with Crippen LogP contribution in [0.1, 0.15) is 24.8 Å². The number of hydrogen-bond acceptors (Lipinski definition) is 3. The van der Waals surface area contributed by atoms with E-state index in [-0.39, 0.29) is 5.97 Å². The van der Waals surface area contributed by atoms with Crippen LogP contribution in [0.2, 0.25) is 0 Å². The summed E-state index contributed by atoms with van der Waals surface area (Å²) in [5, 5.41) is 0. The average molecular weight is 279 g/mol. The molecule has 0 spiro atoms. The normalized spacial score (nSPS) is 23.6. The molecule has 0 radical (unpaired) electrons. The van der Waals surface area contributed by atoms with Gasteiger partial charge in [0.25, 0.3) is 0 Å². The van der Waals surface area contributed by atoms with E-state index in [4.69, 9.17) is 9.47 Å². The fraction of sp³-hybridized carbons (Fsp3) is 0.533. The highest BCUT2D eigenvalue weighted by Gasteiger charge is 2.28. The second kappa shape index (κ2) is 5.87. The van der Waals surface area contributed by atoms with E-state index in [0.29, 0.717) is 23.9 Å². The zero-order valence-corrected chi connectivity index (χ0v) is 11.8. The van der Waals surface area contributed by atoms with Crippen LogP contribution in [0.5, 0.6) is 5.75 Å². The molecule has 1 atom stereocenters. The van der Waals surface area contributed by atoms with E-state index in [1.165, 1.54) is 35.7 Å². The van der Waals surface area contributed by atoms with E-state index in [1.54, 1.807) is 0 Å². The van der Waals surface area contributed by atoms with Gasteiger partial charge < -0.3 is 9.47 Å². The molecule has 2 aliphatic heterocycles. The van der Waals surface area contributed by atoms with E-state index in [2.05, 4.69) is 12.1 Å². The SMILES string of the molecule is O=C1OCCC1Oc1ccc(C[S+]2CCCC2)cc1. The molecule has 4 heteroatoms. The molecule has 3 nitrogen and oxygen atoms in total. The Labute approximate surface area is 116 Å². The fourth-order valence-electron chi connectivity index (χ4n) is 2.51. The Hall–Kier alpha value is -1.16. The van der Waals surface area contributed by atoms with Gasteiger partial charge in [0.05, 0.1) is 6.61 Å². The summed E-state index contributed by atoms with van der Waals surface area (Å²) in [6.07, 6.45) is 3.04. The maximum absolute atomic E-state index is 11.3. The monoisotopic (exact) mass is 279 g/mol. The van der Waals surface area contributed by atoms with Crippen molar-refractivity contribution in [1.29, 1.82) is 0 Å². The molecule has 2 aliphatic rings. The van der Waals surface area contributed by atoms with Crippen LogP contribution in [0, 0.1) is 0 Å². The van der Waals surface area contributed by atoms with Gasteiger partial charge in [0, 0.05) is 12.0 Å². The Bertz CT molecular complexity index is 437. The highest BCUT2D eigenvalue weighted by Crippen LogP contribution is 2.22. The highest BCUT2D eigenvalue weighted by molar-refractivity contribution is 7.96. The van der Waals surface area contributed by atoms with Crippen molar-refractivity contribution in [3.8, 4) is 5.75 Å². The van der Waals surface area contributed by atoms with Crippen molar-refractivity contribution in [2.45, 2.75) is 31.1 Å². The third-order valence-electron chi connectivity index (χ3n) is 3.58. The summed E-state index contributed by atoms with van der Waals surface area (Å²) in [7, 11) is 0.591. The quantitative estimate of drug-likeness (QED) is 0.626. The average Bonchev–Trinajstić information content (AvgIpc) is 3.05. The summed E-state index contributed by atoms with van der Waals surface area (Å²) in [4.78, 5) is 11.3. The molecule has 2 saturated heterocycles. The predicted octanol–water partition coefficient (Wildman–Crippen LogP) is 2.29. The van der Waals surface area contributed by atoms with Crippen molar-refractivity contribution in [3.05, 3.63) is 29.8 Å². The van der Waals surface area contributed by atoms with E-state index >= 15 is 0 Å². The number of ether oxygens (including phenoxy) is 2. The molecule has 0 bridgehead atoms. The van der Waals surface area contributed by atoms with Gasteiger partial charge in [0.1, 0.15) is 23.0 Å². The molecular weight excluding hydrogens is 260 g/mol. The molecule has 0 aliphatic carbocycles. The van der Waals surface area contributed by atoms with Gasteiger partial charge >= 0.3 is 5.97 Å². The Morgan fingerprint density at radius 1 is 1.21 bits per heavy atom. The summed E-state index contributed by atoms with van der Waals surface area (Å²) < 4.78 is 10.5. The topological polar surface area (TPSA) is 35.5 Å². The lowest BCUT2D eigenvalue weighted by molar-refractivity contribution is -0.143. The van der Waals surface area contributed by atoms with E-state index in [1.807, 2.05) is 12.1 Å². The fourth-order valence-corrected chi connectivity index (χ4v) is 4.89. The zero-order valence-electron chi connectivity index (χ0n) is 11.0. The highest BCUT2D eigenvalue weighted by atomic mass is 32.2. The second-order valence-corrected chi connectivity index (χ2v) is 7.41. The largest absolute Gasteiger partial charge is 0.479 e. The maximum atomic E-state index is 11.3. The molecule has 102 valence electrons. The lowest BCUT2D eigenvalue weighted by atomic mass is 10.2. The molecule has 2 fully saturated rings. The van der Waals surface area contributed by atoms with Crippen molar-refractivity contribution in [1.82, 2.24) is 0 Å². The number of rotatable bonds is 4. The van der Waals surface area contributed by atoms with Crippen molar-refractivity contribution >= 4 is 16.9 Å². The minimum absolute atomic E-state index is 0.239.